The number of amides is 1. The van der Waals surface area contributed by atoms with Crippen molar-refractivity contribution in [2.75, 3.05) is 11.1 Å². The lowest BCUT2D eigenvalue weighted by Gasteiger charge is -2.13. The Morgan fingerprint density at radius 3 is 2.60 bits per heavy atom. The number of benzene rings is 1. The number of carbonyl (C=O) groups is 1. The largest absolute Gasteiger partial charge is 0.418 e. The second-order valence-electron chi connectivity index (χ2n) is 5.03. The monoisotopic (exact) mass is 366 g/mol. The zero-order chi connectivity index (χ0) is 18.6. The molecule has 25 heavy (non-hydrogen) atoms. The lowest BCUT2D eigenvalue weighted by Crippen LogP contribution is -2.18. The van der Waals surface area contributed by atoms with E-state index in [2.05, 4.69) is 15.3 Å². The van der Waals surface area contributed by atoms with Gasteiger partial charge >= 0.3 is 6.18 Å². The van der Waals surface area contributed by atoms with Crippen LogP contribution in [0, 0.1) is 25.2 Å². The van der Waals surface area contributed by atoms with Crippen LogP contribution in [-0.2, 0) is 11.0 Å². The highest BCUT2D eigenvalue weighted by Crippen LogP contribution is 2.34. The van der Waals surface area contributed by atoms with E-state index in [1.54, 1.807) is 13.8 Å². The van der Waals surface area contributed by atoms with Gasteiger partial charge in [-0.25, -0.2) is 9.97 Å². The molecule has 0 unspecified atom stereocenters. The summed E-state index contributed by atoms with van der Waals surface area (Å²) in [6, 6.07) is 6.70. The summed E-state index contributed by atoms with van der Waals surface area (Å²) in [5.41, 5.74) is -0.490. The normalized spacial score (nSPS) is 11.0. The molecule has 1 aromatic heterocycles. The number of nitrogens with zero attached hydrogens (tertiary/aromatic N) is 3. The average Bonchev–Trinajstić information content (AvgIpc) is 2.52. The van der Waals surface area contributed by atoms with Crippen LogP contribution in [0.3, 0.4) is 0 Å². The van der Waals surface area contributed by atoms with E-state index in [0.29, 0.717) is 16.5 Å². The summed E-state index contributed by atoms with van der Waals surface area (Å²) in [4.78, 5) is 20.2. The Kier molecular flexibility index (Phi) is 5.64. The van der Waals surface area contributed by atoms with Gasteiger partial charge in [-0.2, -0.15) is 18.4 Å². The van der Waals surface area contributed by atoms with Gasteiger partial charge in [0.05, 0.1) is 22.7 Å². The number of rotatable bonds is 4. The predicted octanol–water partition coefficient (Wildman–Crippen LogP) is 3.71. The molecule has 0 fully saturated rings. The second kappa shape index (κ2) is 7.53. The minimum atomic E-state index is -4.56. The third-order valence-electron chi connectivity index (χ3n) is 3.13. The van der Waals surface area contributed by atoms with Crippen molar-refractivity contribution in [3.63, 3.8) is 0 Å². The third-order valence-corrected chi connectivity index (χ3v) is 4.10. The van der Waals surface area contributed by atoms with Gasteiger partial charge in [-0.3, -0.25) is 4.79 Å². The van der Waals surface area contributed by atoms with Crippen molar-refractivity contribution in [1.29, 1.82) is 5.26 Å². The van der Waals surface area contributed by atoms with E-state index in [4.69, 9.17) is 5.26 Å². The van der Waals surface area contributed by atoms with Crippen LogP contribution >= 0.6 is 11.8 Å². The van der Waals surface area contributed by atoms with E-state index in [1.807, 2.05) is 6.07 Å². The zero-order valence-electron chi connectivity index (χ0n) is 13.3. The molecule has 5 nitrogen and oxygen atoms in total. The van der Waals surface area contributed by atoms with Gasteiger partial charge in [-0.05, 0) is 26.0 Å². The van der Waals surface area contributed by atoms with E-state index < -0.39 is 17.6 Å². The molecule has 0 saturated heterocycles. The topological polar surface area (TPSA) is 78.7 Å². The minimum absolute atomic E-state index is 0.184. The van der Waals surface area contributed by atoms with Gasteiger partial charge in [0.25, 0.3) is 0 Å². The summed E-state index contributed by atoms with van der Waals surface area (Å²) >= 11 is 0.974. The molecule has 1 aromatic carbocycles. The van der Waals surface area contributed by atoms with Gasteiger partial charge in [-0.15, -0.1) is 0 Å². The molecule has 9 heteroatoms. The van der Waals surface area contributed by atoms with Crippen LogP contribution in [-0.4, -0.2) is 21.6 Å². The molecular weight excluding hydrogens is 353 g/mol. The van der Waals surface area contributed by atoms with E-state index in [9.17, 15) is 18.0 Å². The first kappa shape index (κ1) is 18.7. The van der Waals surface area contributed by atoms with Crippen molar-refractivity contribution in [2.24, 2.45) is 0 Å². The van der Waals surface area contributed by atoms with Gasteiger partial charge in [0.1, 0.15) is 22.5 Å². The van der Waals surface area contributed by atoms with Crippen LogP contribution in [0.5, 0.6) is 0 Å². The lowest BCUT2D eigenvalue weighted by atomic mass is 10.1. The summed E-state index contributed by atoms with van der Waals surface area (Å²) in [6.07, 6.45) is -4.56. The number of thioether (sulfide) groups is 1. The molecule has 0 bridgehead atoms. The maximum atomic E-state index is 12.9. The molecule has 0 radical (unpaired) electrons. The number of nitrogens with one attached hydrogen (secondary N) is 1. The van der Waals surface area contributed by atoms with Crippen molar-refractivity contribution in [2.45, 2.75) is 25.0 Å². The van der Waals surface area contributed by atoms with Crippen molar-refractivity contribution in [1.82, 2.24) is 9.97 Å². The predicted molar refractivity (Wildman–Crippen MR) is 87.0 cm³/mol. The molecular formula is C16H13F3N4OS. The number of anilines is 1. The highest BCUT2D eigenvalue weighted by molar-refractivity contribution is 8.00. The molecule has 1 N–H and O–H groups in total. The van der Waals surface area contributed by atoms with Gasteiger partial charge in [-0.1, -0.05) is 23.9 Å². The summed E-state index contributed by atoms with van der Waals surface area (Å²) in [5, 5.41) is 11.7. The third kappa shape index (κ3) is 4.70. The van der Waals surface area contributed by atoms with E-state index in [-0.39, 0.29) is 17.0 Å². The Hall–Kier alpha value is -2.60. The minimum Gasteiger partial charge on any atom is -0.325 e. The molecule has 1 amide bonds. The lowest BCUT2D eigenvalue weighted by molar-refractivity contribution is -0.137. The van der Waals surface area contributed by atoms with Crippen molar-refractivity contribution >= 4 is 23.4 Å². The fourth-order valence-corrected chi connectivity index (χ4v) is 2.95. The quantitative estimate of drug-likeness (QED) is 0.659. The Morgan fingerprint density at radius 1 is 1.28 bits per heavy atom. The number of hydrogen-bond donors (Lipinski definition) is 1. The van der Waals surface area contributed by atoms with Gasteiger partial charge in [0.2, 0.25) is 5.91 Å². The first-order valence-corrected chi connectivity index (χ1v) is 8.05. The molecule has 0 aliphatic rings. The van der Waals surface area contributed by atoms with Crippen molar-refractivity contribution < 1.29 is 18.0 Å². The standard InChI is InChI=1S/C16H13F3N4OS/c1-9-11(7-20)15(22-10(2)21-9)25-8-14(24)23-13-6-4-3-5-12(13)16(17,18)19/h3-6H,8H2,1-2H3,(H,23,24). The van der Waals surface area contributed by atoms with Crippen LogP contribution in [0.1, 0.15) is 22.6 Å². The number of aromatic nitrogens is 2. The molecule has 0 aliphatic heterocycles. The number of aryl methyl sites for hydroxylation is 2. The Balaban J connectivity index is 2.12. The van der Waals surface area contributed by atoms with E-state index in [0.717, 1.165) is 17.8 Å². The zero-order valence-corrected chi connectivity index (χ0v) is 14.1. The van der Waals surface area contributed by atoms with Crippen LogP contribution < -0.4 is 5.32 Å². The molecule has 2 rings (SSSR count). The van der Waals surface area contributed by atoms with Crippen molar-refractivity contribution in [3.8, 4) is 6.07 Å². The van der Waals surface area contributed by atoms with Crippen LogP contribution in [0.2, 0.25) is 0 Å². The average molecular weight is 366 g/mol. The molecule has 0 aliphatic carbocycles. The first-order chi connectivity index (χ1) is 11.7. The van der Waals surface area contributed by atoms with Gasteiger partial charge in [0, 0.05) is 0 Å². The fraction of sp³-hybridized carbons (Fsp3) is 0.250. The molecule has 0 saturated carbocycles. The van der Waals surface area contributed by atoms with E-state index >= 15 is 0 Å². The SMILES string of the molecule is Cc1nc(C)c(C#N)c(SCC(=O)Nc2ccccc2C(F)(F)F)n1. The van der Waals surface area contributed by atoms with Crippen LogP contribution in [0.4, 0.5) is 18.9 Å². The van der Waals surface area contributed by atoms with Crippen LogP contribution in [0.25, 0.3) is 0 Å². The Morgan fingerprint density at radius 2 is 1.96 bits per heavy atom. The van der Waals surface area contributed by atoms with Crippen molar-refractivity contribution in [3.05, 3.63) is 46.9 Å². The van der Waals surface area contributed by atoms with Gasteiger partial charge < -0.3 is 5.32 Å². The number of hydrogen-bond acceptors (Lipinski definition) is 5. The fourth-order valence-electron chi connectivity index (χ4n) is 2.07. The number of alkyl halides is 3. The molecule has 130 valence electrons. The second-order valence-corrected chi connectivity index (χ2v) is 5.99. The maximum absolute atomic E-state index is 12.9. The smallest absolute Gasteiger partial charge is 0.325 e. The summed E-state index contributed by atoms with van der Waals surface area (Å²) in [6.45, 7) is 3.30. The molecule has 2 aromatic rings. The summed E-state index contributed by atoms with van der Waals surface area (Å²) in [5.74, 6) is -0.363. The number of nitriles is 1. The molecule has 0 spiro atoms. The molecule has 1 heterocycles. The highest BCUT2D eigenvalue weighted by atomic mass is 32.2. The maximum Gasteiger partial charge on any atom is 0.418 e. The molecule has 0 atom stereocenters. The number of carbonyl (C=O) groups excluding carboxylic acids is 1. The Labute approximate surface area is 146 Å². The van der Waals surface area contributed by atoms with Gasteiger partial charge in [0.15, 0.2) is 0 Å². The first-order valence-electron chi connectivity index (χ1n) is 7.06. The highest BCUT2D eigenvalue weighted by Gasteiger charge is 2.33. The van der Waals surface area contributed by atoms with Crippen LogP contribution in [0.15, 0.2) is 29.3 Å². The summed E-state index contributed by atoms with van der Waals surface area (Å²) < 4.78 is 38.8. The summed E-state index contributed by atoms with van der Waals surface area (Å²) in [7, 11) is 0. The Bertz CT molecular complexity index is 846. The number of halogens is 3. The van der Waals surface area contributed by atoms with E-state index in [1.165, 1.54) is 18.2 Å². The number of para-hydroxylation sites is 1.